The summed E-state index contributed by atoms with van der Waals surface area (Å²) in [6, 6.07) is -2.34. The highest BCUT2D eigenvalue weighted by molar-refractivity contribution is 7.80. The lowest BCUT2D eigenvalue weighted by atomic mass is 9.82. The number of carbonyl (C=O) groups excluding carboxylic acids is 12. The van der Waals surface area contributed by atoms with E-state index in [0.29, 0.717) is 0 Å². The van der Waals surface area contributed by atoms with Crippen LogP contribution in [0, 0.1) is 5.92 Å². The fourth-order valence-electron chi connectivity index (χ4n) is 8.35. The van der Waals surface area contributed by atoms with Crippen molar-refractivity contribution in [1.29, 1.82) is 0 Å². The Bertz CT molecular complexity index is 2740. The first-order valence-electron chi connectivity index (χ1n) is 24.6. The summed E-state index contributed by atoms with van der Waals surface area (Å²) in [7, 11) is 0. The van der Waals surface area contributed by atoms with E-state index < -0.39 is 176 Å². The minimum atomic E-state index is -1.75. The van der Waals surface area contributed by atoms with E-state index in [1.54, 1.807) is 12.1 Å². The Morgan fingerprint density at radius 1 is 0.684 bits per heavy atom. The first-order valence-corrected chi connectivity index (χ1v) is 25.2. The minimum absolute atomic E-state index is 0.0103. The van der Waals surface area contributed by atoms with E-state index in [4.69, 9.17) is 5.73 Å². The highest BCUT2D eigenvalue weighted by Crippen LogP contribution is 2.35. The summed E-state index contributed by atoms with van der Waals surface area (Å²) in [5, 5.41) is 59.9. The molecule has 29 nitrogen and oxygen atoms in total. The number of nitrogens with two attached hydrogens (primary N) is 1. The van der Waals surface area contributed by atoms with Crippen LogP contribution in [0.3, 0.4) is 0 Å². The molecular weight excluding hydrogens is 1060 g/mol. The van der Waals surface area contributed by atoms with Crippen molar-refractivity contribution in [3.63, 3.8) is 0 Å². The lowest BCUT2D eigenvalue weighted by Crippen LogP contribution is -2.62. The van der Waals surface area contributed by atoms with Crippen molar-refractivity contribution >= 4 is 107 Å². The van der Waals surface area contributed by atoms with Crippen molar-refractivity contribution in [3.8, 4) is 0 Å². The second-order valence-electron chi connectivity index (χ2n) is 18.7. The predicted molar refractivity (Wildman–Crippen MR) is 277 cm³/mol. The first-order chi connectivity index (χ1) is 37.2. The smallest absolute Gasteiger partial charge is 0.305 e. The van der Waals surface area contributed by atoms with Gasteiger partial charge in [0.2, 0.25) is 59.1 Å². The molecule has 10 amide bonds. The number of carbonyl (C=O) groups is 14. The van der Waals surface area contributed by atoms with Gasteiger partial charge < -0.3 is 78.9 Å². The Balaban J connectivity index is 1.33. The van der Waals surface area contributed by atoms with Crippen molar-refractivity contribution in [2.24, 2.45) is 5.92 Å². The maximum absolute atomic E-state index is 14.0. The number of rotatable bonds is 27. The number of aliphatic hydroxyl groups excluding tert-OH is 2. The molecule has 1 saturated heterocycles. The molecule has 428 valence electrons. The number of nitrogen functional groups attached to an aromatic ring is 1. The number of carboxylic acid groups (broad SMARTS) is 2. The van der Waals surface area contributed by atoms with Crippen molar-refractivity contribution in [3.05, 3.63) is 58.7 Å². The summed E-state index contributed by atoms with van der Waals surface area (Å²) < 4.78 is 0. The molecule has 30 heteroatoms. The van der Waals surface area contributed by atoms with E-state index in [9.17, 15) is 87.5 Å². The molecule has 1 aliphatic carbocycles. The molecule has 0 radical (unpaired) electrons. The molecule has 15 N–H and O–H groups in total. The second kappa shape index (κ2) is 28.7. The van der Waals surface area contributed by atoms with Crippen LogP contribution < -0.4 is 53.6 Å². The molecule has 8 atom stereocenters. The highest BCUT2D eigenvalue weighted by Gasteiger charge is 2.42. The Kier molecular flexibility index (Phi) is 22.9. The maximum atomic E-state index is 14.0. The molecule has 0 aromatic heterocycles. The zero-order valence-corrected chi connectivity index (χ0v) is 44.1. The fraction of sp³-hybridized carbons (Fsp3) is 0.469. The second-order valence-corrected chi connectivity index (χ2v) is 19.0. The third-order valence-electron chi connectivity index (χ3n) is 12.4. The Morgan fingerprint density at radius 2 is 1.27 bits per heavy atom. The number of carboxylic acids is 2. The molecule has 1 aliphatic heterocycles. The van der Waals surface area contributed by atoms with Gasteiger partial charge in [0.15, 0.2) is 11.6 Å². The number of fused-ring (bicyclic) bond motifs is 2. The van der Waals surface area contributed by atoms with E-state index >= 15 is 0 Å². The number of aliphatic carboxylic acids is 2. The van der Waals surface area contributed by atoms with E-state index in [1.807, 2.05) is 0 Å². The number of amides is 10. The first kappa shape index (κ1) is 63.0. The number of nitrogens with one attached hydrogen (secondary N) is 9. The van der Waals surface area contributed by atoms with Crippen LogP contribution >= 0.6 is 12.6 Å². The van der Waals surface area contributed by atoms with Crippen molar-refractivity contribution in [2.45, 2.75) is 108 Å². The molecule has 2 aromatic rings. The molecular formula is C49H63N11O18S. The van der Waals surface area contributed by atoms with Gasteiger partial charge in [-0.15, -0.1) is 0 Å². The number of thiol groups is 1. The van der Waals surface area contributed by atoms with Crippen LogP contribution in [0.25, 0.3) is 0 Å². The van der Waals surface area contributed by atoms with E-state index in [-0.39, 0.29) is 58.8 Å². The van der Waals surface area contributed by atoms with Crippen LogP contribution in [0.4, 0.5) is 11.4 Å². The topological polar surface area (TPSA) is 457 Å². The SMILES string of the molecule is CC(=O)N[C@@H](CC(=O)O)C(=O)N[C@@H](CCC(=O)O)C(=O)N[C@H](C(=O)N[C@H](C(=O)N1CCC[C@H]1C(=O)N[C@@H](CS)C(=O)N[C@@H](CO)C(=O)NCC(=O)NCC(=O)Nc1ccc(N)c2c1C(=O)c1ccccc1C2=O)[C@@H](C)O)C(C)C. The number of likely N-dealkylation sites (tertiary alicyclic amines) is 1. The standard InChI is InChI=1S/C49H63N11O18S/c1-21(2)39(58-44(73)28(13-14-35(66)67)55-45(74)29(16-36(68)69)53-23(4)63)48(77)59-40(22(3)62)49(78)60-15-7-10-32(60)47(76)57-31(20-79)46(75)56-30(19-61)43(72)52-17-33(64)51-18-34(65)54-27-12-11-26(50)37-38(27)42(71)25-9-6-5-8-24(25)41(37)70/h5-6,8-9,11-12,21-22,28-32,39-40,61-62,79H,7,10,13-20,50H2,1-4H3,(H,51,64)(H,52,72)(H,53,63)(H,54,65)(H,55,74)(H,56,75)(H,57,76)(H,58,73)(H,59,77)(H,66,67)(H,68,69)/t22-,28+,29+,30+,31+,32+,39+,40+/m1/s1. The number of nitrogens with zero attached hydrogens (tertiary/aromatic N) is 1. The molecule has 0 unspecified atom stereocenters. The average molecular weight is 1130 g/mol. The number of benzene rings is 2. The van der Waals surface area contributed by atoms with Crippen molar-refractivity contribution in [2.75, 3.05) is 43.0 Å². The lowest BCUT2D eigenvalue weighted by molar-refractivity contribution is -0.145. The largest absolute Gasteiger partial charge is 0.481 e. The van der Waals surface area contributed by atoms with Gasteiger partial charge in [0, 0.05) is 42.5 Å². The third-order valence-corrected chi connectivity index (χ3v) is 12.7. The maximum Gasteiger partial charge on any atom is 0.305 e. The highest BCUT2D eigenvalue weighted by atomic mass is 32.1. The van der Waals surface area contributed by atoms with E-state index in [0.717, 1.165) is 18.7 Å². The Hall–Kier alpha value is -8.51. The number of hydrogen-bond donors (Lipinski definition) is 15. The third kappa shape index (κ3) is 17.0. The minimum Gasteiger partial charge on any atom is -0.481 e. The normalized spacial score (nSPS) is 16.2. The quantitative estimate of drug-likeness (QED) is 0.0252. The van der Waals surface area contributed by atoms with Gasteiger partial charge >= 0.3 is 11.9 Å². The zero-order valence-electron chi connectivity index (χ0n) is 43.2. The molecule has 2 aliphatic rings. The molecule has 2 aromatic carbocycles. The Labute approximate surface area is 456 Å². The predicted octanol–water partition coefficient (Wildman–Crippen LogP) is -4.57. The van der Waals surface area contributed by atoms with Gasteiger partial charge in [-0.3, -0.25) is 67.1 Å². The summed E-state index contributed by atoms with van der Waals surface area (Å²) in [6.07, 6.45) is -3.47. The molecule has 0 bridgehead atoms. The summed E-state index contributed by atoms with van der Waals surface area (Å²) in [5.41, 5.74) is 6.02. The zero-order chi connectivity index (χ0) is 59.0. The summed E-state index contributed by atoms with van der Waals surface area (Å²) >= 11 is 4.13. The van der Waals surface area contributed by atoms with Gasteiger partial charge in [0.25, 0.3) is 0 Å². The molecule has 0 saturated carbocycles. The van der Waals surface area contributed by atoms with Crippen LogP contribution in [0.1, 0.15) is 91.6 Å². The van der Waals surface area contributed by atoms with Crippen LogP contribution in [-0.2, 0) is 57.5 Å². The summed E-state index contributed by atoms with van der Waals surface area (Å²) in [6.45, 7) is 2.64. The monoisotopic (exact) mass is 1130 g/mol. The molecule has 79 heavy (non-hydrogen) atoms. The van der Waals surface area contributed by atoms with Crippen LogP contribution in [0.2, 0.25) is 0 Å². The molecule has 1 fully saturated rings. The fourth-order valence-corrected chi connectivity index (χ4v) is 8.60. The summed E-state index contributed by atoms with van der Waals surface area (Å²) in [4.78, 5) is 182. The van der Waals surface area contributed by atoms with Crippen LogP contribution in [0.15, 0.2) is 36.4 Å². The number of aliphatic hydroxyl groups is 2. The Morgan fingerprint density at radius 3 is 1.84 bits per heavy atom. The lowest BCUT2D eigenvalue weighted by Gasteiger charge is -2.32. The van der Waals surface area contributed by atoms with Crippen LogP contribution in [0.5, 0.6) is 0 Å². The molecule has 1 heterocycles. The van der Waals surface area contributed by atoms with Gasteiger partial charge in [-0.1, -0.05) is 38.1 Å². The average Bonchev–Trinajstić information content (AvgIpc) is 3.90. The van der Waals surface area contributed by atoms with Crippen LogP contribution in [-0.4, -0.2) is 188 Å². The van der Waals surface area contributed by atoms with Crippen molar-refractivity contribution in [1.82, 2.24) is 47.4 Å². The summed E-state index contributed by atoms with van der Waals surface area (Å²) in [5.74, 6) is -14.8. The van der Waals surface area contributed by atoms with Gasteiger partial charge in [-0.05, 0) is 44.2 Å². The molecule has 4 rings (SSSR count). The van der Waals surface area contributed by atoms with E-state index in [2.05, 4.69) is 60.5 Å². The van der Waals surface area contributed by atoms with Gasteiger partial charge in [0.1, 0.15) is 42.3 Å². The number of hydrogen-bond acceptors (Lipinski definition) is 18. The van der Waals surface area contributed by atoms with Gasteiger partial charge in [-0.2, -0.15) is 12.6 Å². The van der Waals surface area contributed by atoms with Gasteiger partial charge in [-0.25, -0.2) is 0 Å². The molecule has 0 spiro atoms. The van der Waals surface area contributed by atoms with Gasteiger partial charge in [0.05, 0.1) is 49.0 Å². The van der Waals surface area contributed by atoms with Crippen molar-refractivity contribution < 1.29 is 87.5 Å². The van der Waals surface area contributed by atoms with E-state index in [1.165, 1.54) is 38.1 Å². The number of anilines is 2. The number of ketones is 2.